The average Bonchev–Trinajstić information content (AvgIpc) is 2.58. The number of nitrogens with zero attached hydrogens (tertiary/aromatic N) is 2. The zero-order chi connectivity index (χ0) is 12.5. The van der Waals surface area contributed by atoms with E-state index in [1.165, 1.54) is 19.3 Å². The van der Waals surface area contributed by atoms with E-state index in [1.807, 2.05) is 0 Å². The zero-order valence-electron chi connectivity index (χ0n) is 11.3. The SMILES string of the molecule is CC(C)c1cc(NC2CCC(C)(C)C2)ncn1. The van der Waals surface area contributed by atoms with E-state index in [-0.39, 0.29) is 0 Å². The van der Waals surface area contributed by atoms with E-state index >= 15 is 0 Å². The fourth-order valence-corrected chi connectivity index (χ4v) is 2.54. The molecule has 1 atom stereocenters. The molecule has 0 radical (unpaired) electrons. The van der Waals surface area contributed by atoms with Crippen LogP contribution in [-0.4, -0.2) is 16.0 Å². The van der Waals surface area contributed by atoms with Gasteiger partial charge in [0.05, 0.1) is 0 Å². The highest BCUT2D eigenvalue weighted by molar-refractivity contribution is 5.37. The molecular weight excluding hydrogens is 210 g/mol. The molecule has 3 nitrogen and oxygen atoms in total. The maximum Gasteiger partial charge on any atom is 0.129 e. The van der Waals surface area contributed by atoms with E-state index in [9.17, 15) is 0 Å². The van der Waals surface area contributed by atoms with Crippen molar-refractivity contribution < 1.29 is 0 Å². The molecule has 2 rings (SSSR count). The van der Waals surface area contributed by atoms with E-state index in [4.69, 9.17) is 0 Å². The summed E-state index contributed by atoms with van der Waals surface area (Å²) in [5.41, 5.74) is 1.59. The molecule has 1 fully saturated rings. The van der Waals surface area contributed by atoms with Gasteiger partial charge >= 0.3 is 0 Å². The average molecular weight is 233 g/mol. The lowest BCUT2D eigenvalue weighted by Crippen LogP contribution is -2.18. The molecule has 1 heterocycles. The number of nitrogens with one attached hydrogen (secondary N) is 1. The number of hydrogen-bond donors (Lipinski definition) is 1. The molecule has 0 spiro atoms. The van der Waals surface area contributed by atoms with Crippen LogP contribution in [0, 0.1) is 5.41 Å². The van der Waals surface area contributed by atoms with Gasteiger partial charge in [0, 0.05) is 17.8 Å². The minimum atomic E-state index is 0.457. The molecule has 94 valence electrons. The summed E-state index contributed by atoms with van der Waals surface area (Å²) >= 11 is 0. The van der Waals surface area contributed by atoms with Gasteiger partial charge in [-0.2, -0.15) is 0 Å². The third kappa shape index (κ3) is 3.18. The van der Waals surface area contributed by atoms with Crippen LogP contribution in [0.5, 0.6) is 0 Å². The van der Waals surface area contributed by atoms with Crippen molar-refractivity contribution in [3.8, 4) is 0 Å². The van der Waals surface area contributed by atoms with Crippen molar-refractivity contribution in [2.75, 3.05) is 5.32 Å². The standard InChI is InChI=1S/C14H23N3/c1-10(2)12-7-13(16-9-15-12)17-11-5-6-14(3,4)8-11/h7,9-11H,5-6,8H2,1-4H3,(H,15,16,17). The number of rotatable bonds is 3. The lowest BCUT2D eigenvalue weighted by molar-refractivity contribution is 0.378. The Morgan fingerprint density at radius 3 is 2.71 bits per heavy atom. The summed E-state index contributed by atoms with van der Waals surface area (Å²) in [7, 11) is 0. The highest BCUT2D eigenvalue weighted by atomic mass is 15.0. The van der Waals surface area contributed by atoms with E-state index < -0.39 is 0 Å². The van der Waals surface area contributed by atoms with Gasteiger partial charge in [-0.05, 0) is 30.6 Å². The van der Waals surface area contributed by atoms with Gasteiger partial charge in [-0.25, -0.2) is 9.97 Å². The number of hydrogen-bond acceptors (Lipinski definition) is 3. The fourth-order valence-electron chi connectivity index (χ4n) is 2.54. The van der Waals surface area contributed by atoms with Gasteiger partial charge < -0.3 is 5.32 Å². The summed E-state index contributed by atoms with van der Waals surface area (Å²) in [4.78, 5) is 8.60. The zero-order valence-corrected chi connectivity index (χ0v) is 11.3. The molecule has 3 heteroatoms. The van der Waals surface area contributed by atoms with Crippen molar-refractivity contribution in [3.05, 3.63) is 18.1 Å². The Hall–Kier alpha value is -1.12. The maximum absolute atomic E-state index is 4.31. The highest BCUT2D eigenvalue weighted by Crippen LogP contribution is 2.38. The smallest absolute Gasteiger partial charge is 0.129 e. The molecule has 1 saturated carbocycles. The van der Waals surface area contributed by atoms with Crippen LogP contribution < -0.4 is 5.32 Å². The Morgan fingerprint density at radius 2 is 2.12 bits per heavy atom. The second kappa shape index (κ2) is 4.63. The van der Waals surface area contributed by atoms with Crippen LogP contribution in [0.1, 0.15) is 58.6 Å². The normalized spacial score (nSPS) is 23.0. The first-order valence-electron chi connectivity index (χ1n) is 6.55. The molecule has 1 unspecified atom stereocenters. The maximum atomic E-state index is 4.31. The molecular formula is C14H23N3. The summed E-state index contributed by atoms with van der Waals surface area (Å²) in [5, 5.41) is 3.54. The van der Waals surface area contributed by atoms with Crippen molar-refractivity contribution in [2.24, 2.45) is 5.41 Å². The van der Waals surface area contributed by atoms with E-state index in [0.717, 1.165) is 11.5 Å². The first-order chi connectivity index (χ1) is 7.96. The first kappa shape index (κ1) is 12.3. The molecule has 1 aromatic heterocycles. The number of aromatic nitrogens is 2. The lowest BCUT2D eigenvalue weighted by Gasteiger charge is -2.18. The molecule has 0 amide bonds. The topological polar surface area (TPSA) is 37.8 Å². The number of anilines is 1. The monoisotopic (exact) mass is 233 g/mol. The highest BCUT2D eigenvalue weighted by Gasteiger charge is 2.30. The molecule has 1 aromatic rings. The van der Waals surface area contributed by atoms with E-state index in [1.54, 1.807) is 6.33 Å². The van der Waals surface area contributed by atoms with Crippen LogP contribution in [0.2, 0.25) is 0 Å². The Kier molecular flexibility index (Phi) is 3.36. The summed E-state index contributed by atoms with van der Waals surface area (Å²) in [6.45, 7) is 9.00. The van der Waals surface area contributed by atoms with Gasteiger partial charge in [0.2, 0.25) is 0 Å². The minimum Gasteiger partial charge on any atom is -0.367 e. The van der Waals surface area contributed by atoms with Crippen LogP contribution in [0.4, 0.5) is 5.82 Å². The van der Waals surface area contributed by atoms with Crippen LogP contribution in [0.3, 0.4) is 0 Å². The molecule has 0 aromatic carbocycles. The quantitative estimate of drug-likeness (QED) is 0.867. The van der Waals surface area contributed by atoms with Crippen molar-refractivity contribution in [1.82, 2.24) is 9.97 Å². The van der Waals surface area contributed by atoms with Crippen LogP contribution in [0.15, 0.2) is 12.4 Å². The molecule has 1 N–H and O–H groups in total. The van der Waals surface area contributed by atoms with Crippen molar-refractivity contribution in [3.63, 3.8) is 0 Å². The molecule has 0 bridgehead atoms. The predicted octanol–water partition coefficient (Wildman–Crippen LogP) is 3.59. The van der Waals surface area contributed by atoms with Crippen LogP contribution in [-0.2, 0) is 0 Å². The molecule has 1 aliphatic rings. The first-order valence-corrected chi connectivity index (χ1v) is 6.55. The lowest BCUT2D eigenvalue weighted by atomic mass is 9.92. The van der Waals surface area contributed by atoms with E-state index in [0.29, 0.717) is 17.4 Å². The summed E-state index contributed by atoms with van der Waals surface area (Å²) in [6, 6.07) is 2.65. The van der Waals surface area contributed by atoms with Gasteiger partial charge in [0.15, 0.2) is 0 Å². The van der Waals surface area contributed by atoms with Crippen LogP contribution in [0.25, 0.3) is 0 Å². The van der Waals surface area contributed by atoms with Crippen molar-refractivity contribution >= 4 is 5.82 Å². The second-order valence-electron chi connectivity index (χ2n) is 6.23. The minimum absolute atomic E-state index is 0.457. The Labute approximate surface area is 104 Å². The van der Waals surface area contributed by atoms with Gasteiger partial charge in [-0.15, -0.1) is 0 Å². The summed E-state index contributed by atoms with van der Waals surface area (Å²) in [5.74, 6) is 1.44. The summed E-state index contributed by atoms with van der Waals surface area (Å²) < 4.78 is 0. The predicted molar refractivity (Wildman–Crippen MR) is 71.2 cm³/mol. The Morgan fingerprint density at radius 1 is 1.35 bits per heavy atom. The van der Waals surface area contributed by atoms with Gasteiger partial charge in [0.1, 0.15) is 12.1 Å². The van der Waals surface area contributed by atoms with E-state index in [2.05, 4.69) is 49.0 Å². The third-order valence-corrected chi connectivity index (χ3v) is 3.60. The summed E-state index contributed by atoms with van der Waals surface area (Å²) in [6.07, 6.45) is 5.44. The largest absolute Gasteiger partial charge is 0.367 e. The second-order valence-corrected chi connectivity index (χ2v) is 6.23. The molecule has 1 aliphatic carbocycles. The molecule has 17 heavy (non-hydrogen) atoms. The van der Waals surface area contributed by atoms with Gasteiger partial charge in [-0.1, -0.05) is 27.7 Å². The Balaban J connectivity index is 2.02. The van der Waals surface area contributed by atoms with Crippen molar-refractivity contribution in [1.29, 1.82) is 0 Å². The van der Waals surface area contributed by atoms with Gasteiger partial charge in [0.25, 0.3) is 0 Å². The Bertz CT molecular complexity index is 385. The molecule has 0 aliphatic heterocycles. The van der Waals surface area contributed by atoms with Crippen LogP contribution >= 0.6 is 0 Å². The molecule has 0 saturated heterocycles. The van der Waals surface area contributed by atoms with Gasteiger partial charge in [-0.3, -0.25) is 0 Å². The fraction of sp³-hybridized carbons (Fsp3) is 0.714. The van der Waals surface area contributed by atoms with Crippen molar-refractivity contribution in [2.45, 2.75) is 58.9 Å². The third-order valence-electron chi connectivity index (χ3n) is 3.60.